The number of aromatic nitrogens is 4. The van der Waals surface area contributed by atoms with Crippen molar-refractivity contribution < 1.29 is 14.3 Å². The smallest absolute Gasteiger partial charge is 0.277 e. The van der Waals surface area contributed by atoms with Gasteiger partial charge in [0.15, 0.2) is 5.69 Å². The van der Waals surface area contributed by atoms with Gasteiger partial charge >= 0.3 is 0 Å². The number of hydrogen-bond donors (Lipinski definition) is 2. The molecule has 3 rings (SSSR count). The monoisotopic (exact) mass is 366 g/mol. The molecule has 9 nitrogen and oxygen atoms in total. The zero-order valence-electron chi connectivity index (χ0n) is 14.6. The van der Waals surface area contributed by atoms with Crippen molar-refractivity contribution in [3.05, 3.63) is 66.2 Å². The molecule has 2 N–H and O–H groups in total. The van der Waals surface area contributed by atoms with E-state index >= 15 is 0 Å². The van der Waals surface area contributed by atoms with Gasteiger partial charge in [-0.1, -0.05) is 11.3 Å². The molecule has 9 heteroatoms. The summed E-state index contributed by atoms with van der Waals surface area (Å²) in [6, 6.07) is 12.1. The van der Waals surface area contributed by atoms with Gasteiger partial charge in [-0.05, 0) is 36.4 Å². The lowest BCUT2D eigenvalue weighted by atomic mass is 10.3. The topological polar surface area (TPSA) is 111 Å². The summed E-state index contributed by atoms with van der Waals surface area (Å²) in [6.45, 7) is 0.708. The Hall–Kier alpha value is -3.75. The number of nitrogens with zero attached hydrogens (tertiary/aromatic N) is 4. The van der Waals surface area contributed by atoms with Gasteiger partial charge in [0.25, 0.3) is 11.8 Å². The minimum absolute atomic E-state index is 0.182. The highest BCUT2D eigenvalue weighted by atomic mass is 16.5. The van der Waals surface area contributed by atoms with Crippen molar-refractivity contribution in [3.63, 3.8) is 0 Å². The van der Waals surface area contributed by atoms with Crippen LogP contribution in [0.3, 0.4) is 0 Å². The quantitative estimate of drug-likeness (QED) is 0.653. The lowest BCUT2D eigenvalue weighted by Gasteiger charge is -2.04. The van der Waals surface area contributed by atoms with E-state index in [1.807, 2.05) is 0 Å². The maximum absolute atomic E-state index is 12.2. The second kappa shape index (κ2) is 8.56. The number of carbonyl (C=O) groups excluding carboxylic acids is 2. The molecule has 0 aliphatic rings. The van der Waals surface area contributed by atoms with Crippen LogP contribution in [0.2, 0.25) is 0 Å². The van der Waals surface area contributed by atoms with E-state index in [-0.39, 0.29) is 17.5 Å². The maximum atomic E-state index is 12.2. The average molecular weight is 366 g/mol. The predicted molar refractivity (Wildman–Crippen MR) is 97.5 cm³/mol. The first-order valence-corrected chi connectivity index (χ1v) is 8.20. The van der Waals surface area contributed by atoms with Crippen LogP contribution in [0.25, 0.3) is 0 Å². The van der Waals surface area contributed by atoms with Crippen LogP contribution in [-0.4, -0.2) is 45.4 Å². The number of anilines is 1. The summed E-state index contributed by atoms with van der Waals surface area (Å²) in [6.07, 6.45) is 3.08. The Morgan fingerprint density at radius 3 is 2.59 bits per heavy atom. The molecule has 0 atom stereocenters. The van der Waals surface area contributed by atoms with Crippen molar-refractivity contribution >= 4 is 17.5 Å². The number of nitrogens with one attached hydrogen (secondary N) is 2. The summed E-state index contributed by atoms with van der Waals surface area (Å²) >= 11 is 0. The molecule has 0 bridgehead atoms. The lowest BCUT2D eigenvalue weighted by Crippen LogP contribution is -2.28. The molecule has 27 heavy (non-hydrogen) atoms. The van der Waals surface area contributed by atoms with Crippen LogP contribution in [0.5, 0.6) is 5.75 Å². The van der Waals surface area contributed by atoms with Crippen LogP contribution >= 0.6 is 0 Å². The first-order chi connectivity index (χ1) is 13.2. The van der Waals surface area contributed by atoms with E-state index in [9.17, 15) is 9.59 Å². The highest BCUT2D eigenvalue weighted by Gasteiger charge is 2.12. The molecule has 0 radical (unpaired) electrons. The minimum Gasteiger partial charge on any atom is -0.497 e. The van der Waals surface area contributed by atoms with Crippen LogP contribution in [0.1, 0.15) is 21.0 Å². The third-order valence-electron chi connectivity index (χ3n) is 3.64. The minimum atomic E-state index is -0.371. The van der Waals surface area contributed by atoms with Crippen molar-refractivity contribution in [1.29, 1.82) is 0 Å². The third-order valence-corrected chi connectivity index (χ3v) is 3.64. The second-order valence-corrected chi connectivity index (χ2v) is 5.52. The van der Waals surface area contributed by atoms with Gasteiger partial charge in [0.05, 0.1) is 19.9 Å². The molecule has 2 amide bonds. The van der Waals surface area contributed by atoms with Crippen LogP contribution in [0, 0.1) is 0 Å². The van der Waals surface area contributed by atoms with E-state index < -0.39 is 0 Å². The number of ether oxygens (including phenoxy) is 1. The van der Waals surface area contributed by atoms with Gasteiger partial charge in [-0.25, -0.2) is 4.68 Å². The second-order valence-electron chi connectivity index (χ2n) is 5.52. The van der Waals surface area contributed by atoms with Gasteiger partial charge in [-0.2, -0.15) is 0 Å². The first-order valence-electron chi connectivity index (χ1n) is 8.20. The van der Waals surface area contributed by atoms with E-state index in [1.54, 1.807) is 55.8 Å². The molecular formula is C18H18N6O3. The van der Waals surface area contributed by atoms with Crippen LogP contribution in [0.15, 0.2) is 54.9 Å². The number of benzene rings is 1. The normalized spacial score (nSPS) is 10.3. The van der Waals surface area contributed by atoms with Crippen LogP contribution < -0.4 is 15.4 Å². The maximum Gasteiger partial charge on any atom is 0.277 e. The molecule has 0 fully saturated rings. The Labute approximate surface area is 155 Å². The molecule has 1 aromatic carbocycles. The Bertz CT molecular complexity index is 908. The Morgan fingerprint density at radius 1 is 1.07 bits per heavy atom. The fourth-order valence-corrected chi connectivity index (χ4v) is 2.25. The molecule has 0 spiro atoms. The summed E-state index contributed by atoms with van der Waals surface area (Å²) in [5, 5.41) is 13.2. The fraction of sp³-hybridized carbons (Fsp3) is 0.167. The van der Waals surface area contributed by atoms with E-state index in [1.165, 1.54) is 10.9 Å². The molecule has 0 aliphatic heterocycles. The highest BCUT2D eigenvalue weighted by molar-refractivity contribution is 6.02. The van der Waals surface area contributed by atoms with Crippen molar-refractivity contribution in [3.8, 4) is 5.75 Å². The Balaban J connectivity index is 1.50. The largest absolute Gasteiger partial charge is 0.497 e. The van der Waals surface area contributed by atoms with Gasteiger partial charge in [-0.15, -0.1) is 5.10 Å². The summed E-state index contributed by atoms with van der Waals surface area (Å²) in [5.74, 6) is 0.0591. The van der Waals surface area contributed by atoms with Gasteiger partial charge in [-0.3, -0.25) is 14.6 Å². The van der Waals surface area contributed by atoms with Gasteiger partial charge in [0, 0.05) is 18.4 Å². The van der Waals surface area contributed by atoms with Gasteiger partial charge in [0.1, 0.15) is 11.4 Å². The number of hydrogen-bond acceptors (Lipinski definition) is 6. The van der Waals surface area contributed by atoms with Crippen molar-refractivity contribution in [2.45, 2.75) is 6.54 Å². The molecular weight excluding hydrogens is 348 g/mol. The molecule has 138 valence electrons. The number of rotatable bonds is 7. The molecule has 0 aliphatic carbocycles. The Morgan fingerprint density at radius 2 is 1.89 bits per heavy atom. The highest BCUT2D eigenvalue weighted by Crippen LogP contribution is 2.15. The van der Waals surface area contributed by atoms with E-state index in [0.29, 0.717) is 30.2 Å². The zero-order valence-corrected chi connectivity index (χ0v) is 14.6. The summed E-state index contributed by atoms with van der Waals surface area (Å²) in [7, 11) is 1.57. The van der Waals surface area contributed by atoms with E-state index in [2.05, 4.69) is 25.9 Å². The third kappa shape index (κ3) is 4.88. The standard InChI is InChI=1S/C18H18N6O3/c1-27-14-7-5-13(6-8-14)21-18(26)16-12-24(23-22-16)11-10-20-17(25)15-4-2-3-9-19-15/h2-9,12H,10-11H2,1H3,(H,20,25)(H,21,26). The lowest BCUT2D eigenvalue weighted by molar-refractivity contribution is 0.0946. The van der Waals surface area contributed by atoms with Crippen LogP contribution in [0.4, 0.5) is 5.69 Å². The summed E-state index contributed by atoms with van der Waals surface area (Å²) in [5.41, 5.74) is 1.15. The predicted octanol–water partition coefficient (Wildman–Crippen LogP) is 1.36. The number of methoxy groups -OCH3 is 1. The number of pyridine rings is 1. The first kappa shape index (κ1) is 18.1. The van der Waals surface area contributed by atoms with Crippen molar-refractivity contribution in [2.75, 3.05) is 19.0 Å². The Kier molecular flexibility index (Phi) is 5.73. The van der Waals surface area contributed by atoms with Crippen LogP contribution in [-0.2, 0) is 6.54 Å². The average Bonchev–Trinajstić information content (AvgIpc) is 3.18. The zero-order chi connectivity index (χ0) is 19.1. The van der Waals surface area contributed by atoms with Crippen molar-refractivity contribution in [2.24, 2.45) is 0 Å². The summed E-state index contributed by atoms with van der Waals surface area (Å²) in [4.78, 5) is 28.1. The van der Waals surface area contributed by atoms with Crippen molar-refractivity contribution in [1.82, 2.24) is 25.3 Å². The number of amides is 2. The molecule has 0 unspecified atom stereocenters. The van der Waals surface area contributed by atoms with Gasteiger partial charge < -0.3 is 15.4 Å². The molecule has 0 saturated carbocycles. The van der Waals surface area contributed by atoms with E-state index in [0.717, 1.165) is 0 Å². The summed E-state index contributed by atoms with van der Waals surface area (Å²) < 4.78 is 6.56. The SMILES string of the molecule is COc1ccc(NC(=O)c2cn(CCNC(=O)c3ccccn3)nn2)cc1. The van der Waals surface area contributed by atoms with E-state index in [4.69, 9.17) is 4.74 Å². The number of carbonyl (C=O) groups is 2. The molecule has 2 heterocycles. The molecule has 3 aromatic rings. The molecule has 2 aromatic heterocycles. The molecule has 0 saturated heterocycles. The van der Waals surface area contributed by atoms with Gasteiger partial charge in [0.2, 0.25) is 0 Å². The fourth-order valence-electron chi connectivity index (χ4n) is 2.25.